The lowest BCUT2D eigenvalue weighted by molar-refractivity contribution is -0.122. The number of aryl methyl sites for hydroxylation is 1. The van der Waals surface area contributed by atoms with Crippen molar-refractivity contribution in [1.82, 2.24) is 9.97 Å². The van der Waals surface area contributed by atoms with Crippen LogP contribution >= 0.6 is 0 Å². The summed E-state index contributed by atoms with van der Waals surface area (Å²) in [4.78, 5) is 20.4. The van der Waals surface area contributed by atoms with E-state index in [1.807, 2.05) is 37.5 Å². The number of carbonyl (C=O) groups is 1. The molecule has 0 spiro atoms. The number of rotatable bonds is 9. The summed E-state index contributed by atoms with van der Waals surface area (Å²) < 4.78 is 11.5. The van der Waals surface area contributed by atoms with Gasteiger partial charge >= 0.3 is 0 Å². The lowest BCUT2D eigenvalue weighted by Gasteiger charge is -2.40. The minimum atomic E-state index is -0.500. The van der Waals surface area contributed by atoms with Gasteiger partial charge in [0.25, 0.3) is 6.47 Å². The number of pyridine rings is 2. The molecule has 8 nitrogen and oxygen atoms in total. The summed E-state index contributed by atoms with van der Waals surface area (Å²) in [6, 6.07) is 12.3. The molecule has 2 N–H and O–H groups in total. The second-order valence-corrected chi connectivity index (χ2v) is 12.4. The molecule has 1 aliphatic heterocycles. The first-order chi connectivity index (χ1) is 20.3. The normalized spacial score (nSPS) is 14.0. The molecule has 3 aromatic rings. The monoisotopic (exact) mass is 593 g/mol. The van der Waals surface area contributed by atoms with Crippen molar-refractivity contribution in [1.29, 1.82) is 0 Å². The Bertz CT molecular complexity index is 1240. The van der Waals surface area contributed by atoms with Gasteiger partial charge in [-0.2, -0.15) is 0 Å². The number of ether oxygens (including phenoxy) is 2. The average molecular weight is 594 g/mol. The van der Waals surface area contributed by atoms with Gasteiger partial charge in [-0.05, 0) is 94.7 Å². The van der Waals surface area contributed by atoms with Gasteiger partial charge in [0.2, 0.25) is 0 Å². The van der Waals surface area contributed by atoms with E-state index in [1.54, 1.807) is 20.8 Å². The summed E-state index contributed by atoms with van der Waals surface area (Å²) in [6.45, 7) is 19.5. The van der Waals surface area contributed by atoms with Crippen LogP contribution in [-0.4, -0.2) is 58.6 Å². The van der Waals surface area contributed by atoms with E-state index in [-0.39, 0.29) is 6.47 Å². The van der Waals surface area contributed by atoms with Crippen LogP contribution in [0.5, 0.6) is 11.5 Å². The highest BCUT2D eigenvalue weighted by Gasteiger charge is 2.28. The van der Waals surface area contributed by atoms with E-state index in [0.29, 0.717) is 18.6 Å². The molecule has 1 saturated heterocycles. The number of hydrogen-bond acceptors (Lipinski definition) is 7. The van der Waals surface area contributed by atoms with E-state index in [4.69, 9.17) is 34.4 Å². The van der Waals surface area contributed by atoms with Gasteiger partial charge in [0.05, 0.1) is 36.4 Å². The minimum Gasteiger partial charge on any atom is -0.494 e. The van der Waals surface area contributed by atoms with Crippen LogP contribution in [0.25, 0.3) is 11.3 Å². The molecule has 8 heteroatoms. The molecule has 1 fully saturated rings. The Kier molecular flexibility index (Phi) is 13.9. The third-order valence-corrected chi connectivity index (χ3v) is 7.06. The predicted octanol–water partition coefficient (Wildman–Crippen LogP) is 7.14. The van der Waals surface area contributed by atoms with Crippen LogP contribution in [-0.2, 0) is 17.6 Å². The molecule has 0 aliphatic carbocycles. The zero-order valence-electron chi connectivity index (χ0n) is 27.3. The Balaban J connectivity index is 0.000000719. The van der Waals surface area contributed by atoms with Crippen molar-refractivity contribution in [2.24, 2.45) is 5.41 Å². The number of nitrogens with zero attached hydrogens (tertiary/aromatic N) is 3. The Labute approximate surface area is 258 Å². The van der Waals surface area contributed by atoms with Crippen LogP contribution in [0.4, 0.5) is 5.69 Å². The van der Waals surface area contributed by atoms with E-state index in [0.717, 1.165) is 54.4 Å². The van der Waals surface area contributed by atoms with Crippen LogP contribution < -0.4 is 14.4 Å². The minimum absolute atomic E-state index is 0.250. The van der Waals surface area contributed by atoms with Crippen LogP contribution in [0, 0.1) is 12.3 Å². The predicted molar refractivity (Wildman–Crippen MR) is 174 cm³/mol. The van der Waals surface area contributed by atoms with Crippen molar-refractivity contribution in [3.05, 3.63) is 65.6 Å². The number of hydrogen-bond donors (Lipinski definition) is 2. The zero-order chi connectivity index (χ0) is 32.0. The highest BCUT2D eigenvalue weighted by Crippen LogP contribution is 2.39. The SMILES string of the molecule is CC(C)(C)O.CCOc1ccc(CCOc2ccc(-c3cnc(C)c(CC)c3N3CCC(C)(C)CC3)nc2)cc1.O=CO. The summed E-state index contributed by atoms with van der Waals surface area (Å²) in [5.41, 5.74) is 6.97. The molecule has 0 unspecified atom stereocenters. The fraction of sp³-hybridized carbons (Fsp3) is 0.514. The van der Waals surface area contributed by atoms with E-state index in [9.17, 15) is 0 Å². The molecule has 4 rings (SSSR count). The van der Waals surface area contributed by atoms with Gasteiger partial charge in [0, 0.05) is 37.0 Å². The third kappa shape index (κ3) is 12.2. The van der Waals surface area contributed by atoms with Crippen molar-refractivity contribution in [2.45, 2.75) is 86.7 Å². The zero-order valence-corrected chi connectivity index (χ0v) is 27.3. The molecule has 2 aromatic heterocycles. The Hall–Kier alpha value is -3.65. The maximum absolute atomic E-state index is 8.52. The Morgan fingerprint density at radius 3 is 2.05 bits per heavy atom. The molecule has 0 amide bonds. The number of piperidine rings is 1. The molecule has 1 aliphatic rings. The van der Waals surface area contributed by atoms with Crippen LogP contribution in [0.3, 0.4) is 0 Å². The van der Waals surface area contributed by atoms with Crippen LogP contribution in [0.2, 0.25) is 0 Å². The first kappa shape index (κ1) is 35.5. The summed E-state index contributed by atoms with van der Waals surface area (Å²) in [5, 5.41) is 15.4. The summed E-state index contributed by atoms with van der Waals surface area (Å²) in [7, 11) is 0. The van der Waals surface area contributed by atoms with Gasteiger partial charge in [-0.1, -0.05) is 32.9 Å². The van der Waals surface area contributed by atoms with Gasteiger partial charge in [0.15, 0.2) is 0 Å². The van der Waals surface area contributed by atoms with Gasteiger partial charge in [-0.3, -0.25) is 14.8 Å². The summed E-state index contributed by atoms with van der Waals surface area (Å²) >= 11 is 0. The maximum atomic E-state index is 8.52. The van der Waals surface area contributed by atoms with Crippen LogP contribution in [0.1, 0.15) is 78.1 Å². The van der Waals surface area contributed by atoms with Gasteiger partial charge in [-0.15, -0.1) is 0 Å². The first-order valence-electron chi connectivity index (χ1n) is 15.2. The second-order valence-electron chi connectivity index (χ2n) is 12.4. The fourth-order valence-corrected chi connectivity index (χ4v) is 4.77. The highest BCUT2D eigenvalue weighted by atomic mass is 16.5. The molecule has 0 radical (unpaired) electrons. The van der Waals surface area contributed by atoms with Gasteiger partial charge < -0.3 is 24.6 Å². The Morgan fingerprint density at radius 2 is 1.53 bits per heavy atom. The fourth-order valence-electron chi connectivity index (χ4n) is 4.77. The highest BCUT2D eigenvalue weighted by molar-refractivity contribution is 5.79. The summed E-state index contributed by atoms with van der Waals surface area (Å²) in [6.07, 6.45) is 8.04. The lowest BCUT2D eigenvalue weighted by Crippen LogP contribution is -2.38. The van der Waals surface area contributed by atoms with Gasteiger partial charge in [0.1, 0.15) is 11.5 Å². The molecule has 43 heavy (non-hydrogen) atoms. The molecular formula is C35H51N3O5. The quantitative estimate of drug-likeness (QED) is 0.252. The van der Waals surface area contributed by atoms with E-state index < -0.39 is 5.60 Å². The number of carboxylic acid groups (broad SMARTS) is 1. The number of anilines is 1. The number of aromatic nitrogens is 2. The van der Waals surface area contributed by atoms with E-state index >= 15 is 0 Å². The third-order valence-electron chi connectivity index (χ3n) is 7.06. The van der Waals surface area contributed by atoms with Gasteiger partial charge in [-0.25, -0.2) is 0 Å². The summed E-state index contributed by atoms with van der Waals surface area (Å²) in [5.74, 6) is 1.69. The average Bonchev–Trinajstić information content (AvgIpc) is 2.94. The van der Waals surface area contributed by atoms with E-state index in [2.05, 4.69) is 50.8 Å². The molecule has 3 heterocycles. The standard InChI is InChI=1S/C30H39N3O2.C4H10O.CH2O2/c1-6-26-22(3)31-21-27(29(26)33-17-15-30(4,5)16-18-33)28-13-12-25(20-32-28)35-19-14-23-8-10-24(11-9-23)34-7-2;1-4(2,3)5;2-1-3/h8-13,20-21H,6-7,14-19H2,1-5H3;5H,1-3H3;1H,(H,2,3). The topological polar surface area (TPSA) is 105 Å². The second kappa shape index (κ2) is 16.8. The smallest absolute Gasteiger partial charge is 0.290 e. The maximum Gasteiger partial charge on any atom is 0.290 e. The molecule has 1 aromatic carbocycles. The molecule has 0 bridgehead atoms. The van der Waals surface area contributed by atoms with Crippen molar-refractivity contribution < 1.29 is 24.5 Å². The van der Waals surface area contributed by atoms with Crippen molar-refractivity contribution in [3.63, 3.8) is 0 Å². The first-order valence-corrected chi connectivity index (χ1v) is 15.2. The molecule has 236 valence electrons. The van der Waals surface area contributed by atoms with Crippen LogP contribution in [0.15, 0.2) is 48.8 Å². The van der Waals surface area contributed by atoms with E-state index in [1.165, 1.54) is 29.7 Å². The largest absolute Gasteiger partial charge is 0.494 e. The van der Waals surface area contributed by atoms with Crippen molar-refractivity contribution >= 4 is 12.2 Å². The molecule has 0 atom stereocenters. The van der Waals surface area contributed by atoms with Crippen molar-refractivity contribution in [3.8, 4) is 22.8 Å². The number of benzene rings is 1. The Morgan fingerprint density at radius 1 is 0.953 bits per heavy atom. The number of aliphatic hydroxyl groups is 1. The molecule has 0 saturated carbocycles. The molecular weight excluding hydrogens is 542 g/mol. The van der Waals surface area contributed by atoms with Crippen molar-refractivity contribution in [2.75, 3.05) is 31.2 Å². The lowest BCUT2D eigenvalue weighted by atomic mass is 9.82.